The average Bonchev–Trinajstić information content (AvgIpc) is 3.21. The van der Waals surface area contributed by atoms with Crippen molar-refractivity contribution in [1.82, 2.24) is 24.0 Å². The molecule has 1 aromatic carbocycles. The van der Waals surface area contributed by atoms with Crippen molar-refractivity contribution in [3.8, 4) is 11.1 Å². The minimum absolute atomic E-state index is 0.00597. The van der Waals surface area contributed by atoms with Gasteiger partial charge in [0.15, 0.2) is 5.65 Å². The Morgan fingerprint density at radius 3 is 2.55 bits per heavy atom. The van der Waals surface area contributed by atoms with E-state index in [9.17, 15) is 27.6 Å². The van der Waals surface area contributed by atoms with Crippen molar-refractivity contribution in [1.29, 1.82) is 0 Å². The number of fused-ring (bicyclic) bond motifs is 1. The van der Waals surface area contributed by atoms with Crippen molar-refractivity contribution in [3.05, 3.63) is 85.7 Å². The molecule has 0 saturated carbocycles. The second kappa shape index (κ2) is 10.2. The van der Waals surface area contributed by atoms with Crippen molar-refractivity contribution >= 4 is 33.0 Å². The molecule has 3 aromatic heterocycles. The lowest BCUT2D eigenvalue weighted by molar-refractivity contribution is -0.141. The second-order valence-electron chi connectivity index (χ2n) is 9.24. The number of aromatic amines is 1. The summed E-state index contributed by atoms with van der Waals surface area (Å²) in [7, 11) is 0. The number of halogens is 4. The zero-order valence-electron chi connectivity index (χ0n) is 20.0. The molecule has 1 N–H and O–H groups in total. The van der Waals surface area contributed by atoms with Crippen molar-refractivity contribution in [2.24, 2.45) is 0 Å². The minimum Gasteiger partial charge on any atom is -0.342 e. The molecular formula is C26H23BrF3N5O3. The number of rotatable bonds is 5. The fourth-order valence-corrected chi connectivity index (χ4v) is 5.46. The van der Waals surface area contributed by atoms with Crippen LogP contribution < -0.4 is 11.2 Å². The Bertz CT molecular complexity index is 1620. The first-order valence-corrected chi connectivity index (χ1v) is 12.8. The number of aromatic nitrogens is 4. The molecule has 0 spiro atoms. The number of alkyl halides is 3. The zero-order chi connectivity index (χ0) is 27.0. The lowest BCUT2D eigenvalue weighted by atomic mass is 10.0. The van der Waals surface area contributed by atoms with Crippen molar-refractivity contribution in [2.45, 2.75) is 38.0 Å². The van der Waals surface area contributed by atoms with Gasteiger partial charge in [0.25, 0.3) is 5.56 Å². The quantitative estimate of drug-likeness (QED) is 0.376. The topological polar surface area (TPSA) is 93.0 Å². The molecule has 38 heavy (non-hydrogen) atoms. The molecule has 4 heterocycles. The SMILES string of the molecule is O=C(Cc1cc(-c2ccccc2Br)cn(CC(F)(F)F)c1=O)N1CCC(n2c(=O)[nH]c3ncccc32)CC1. The molecule has 0 bridgehead atoms. The summed E-state index contributed by atoms with van der Waals surface area (Å²) in [5.74, 6) is -0.351. The highest BCUT2D eigenvalue weighted by Gasteiger charge is 2.30. The molecule has 1 aliphatic heterocycles. The maximum Gasteiger partial charge on any atom is 0.406 e. The second-order valence-corrected chi connectivity index (χ2v) is 10.1. The summed E-state index contributed by atoms with van der Waals surface area (Å²) in [6, 6.07) is 11.9. The molecule has 1 fully saturated rings. The molecular weight excluding hydrogens is 567 g/mol. The monoisotopic (exact) mass is 589 g/mol. The number of imidazole rings is 1. The Morgan fingerprint density at radius 1 is 1.11 bits per heavy atom. The van der Waals surface area contributed by atoms with E-state index in [-0.39, 0.29) is 29.6 Å². The number of benzene rings is 1. The third-order valence-corrected chi connectivity index (χ3v) is 7.40. The van der Waals surface area contributed by atoms with E-state index in [0.29, 0.717) is 57.3 Å². The van der Waals surface area contributed by atoms with Gasteiger partial charge in [-0.1, -0.05) is 34.1 Å². The van der Waals surface area contributed by atoms with E-state index < -0.39 is 18.3 Å². The van der Waals surface area contributed by atoms with Crippen LogP contribution in [0.2, 0.25) is 0 Å². The molecule has 5 rings (SSSR count). The number of carbonyl (C=O) groups excluding carboxylic acids is 1. The number of nitrogens with zero attached hydrogens (tertiary/aromatic N) is 4. The summed E-state index contributed by atoms with van der Waals surface area (Å²) < 4.78 is 42.6. The number of carbonyl (C=O) groups is 1. The highest BCUT2D eigenvalue weighted by atomic mass is 79.9. The Morgan fingerprint density at radius 2 is 1.84 bits per heavy atom. The van der Waals surface area contributed by atoms with Crippen LogP contribution in [0.25, 0.3) is 22.3 Å². The molecule has 1 saturated heterocycles. The molecule has 4 aromatic rings. The van der Waals surface area contributed by atoms with Crippen molar-refractivity contribution in [3.63, 3.8) is 0 Å². The van der Waals surface area contributed by atoms with Gasteiger partial charge in [0, 0.05) is 41.6 Å². The molecule has 1 amide bonds. The predicted octanol–water partition coefficient (Wildman–Crippen LogP) is 4.28. The summed E-state index contributed by atoms with van der Waals surface area (Å²) in [4.78, 5) is 47.1. The minimum atomic E-state index is -4.60. The Labute approximate surface area is 222 Å². The first-order valence-electron chi connectivity index (χ1n) is 12.0. The summed E-state index contributed by atoms with van der Waals surface area (Å²) in [6.07, 6.45) is -1.13. The van der Waals surface area contributed by atoms with Crippen molar-refractivity contribution in [2.75, 3.05) is 13.1 Å². The number of pyridine rings is 2. The third-order valence-electron chi connectivity index (χ3n) is 6.71. The van der Waals surface area contributed by atoms with E-state index in [0.717, 1.165) is 0 Å². The van der Waals surface area contributed by atoms with Gasteiger partial charge in [0.05, 0.1) is 11.9 Å². The number of piperidine rings is 1. The van der Waals surface area contributed by atoms with E-state index in [1.807, 2.05) is 6.07 Å². The summed E-state index contributed by atoms with van der Waals surface area (Å²) >= 11 is 3.40. The van der Waals surface area contributed by atoms with E-state index in [1.165, 1.54) is 12.3 Å². The molecule has 0 radical (unpaired) electrons. The molecule has 198 valence electrons. The number of likely N-dealkylation sites (tertiary alicyclic amines) is 1. The lowest BCUT2D eigenvalue weighted by Crippen LogP contribution is -2.42. The van der Waals surface area contributed by atoms with Gasteiger partial charge in [0.2, 0.25) is 5.91 Å². The lowest BCUT2D eigenvalue weighted by Gasteiger charge is -2.32. The summed E-state index contributed by atoms with van der Waals surface area (Å²) in [5, 5.41) is 0. The van der Waals surface area contributed by atoms with Crippen LogP contribution in [-0.2, 0) is 17.8 Å². The molecule has 0 unspecified atom stereocenters. The average molecular weight is 590 g/mol. The van der Waals surface area contributed by atoms with E-state index in [1.54, 1.807) is 46.0 Å². The Balaban J connectivity index is 1.37. The zero-order valence-corrected chi connectivity index (χ0v) is 21.6. The maximum atomic E-state index is 13.2. The van der Waals surface area contributed by atoms with Gasteiger partial charge in [0.1, 0.15) is 6.54 Å². The van der Waals surface area contributed by atoms with E-state index >= 15 is 0 Å². The number of nitrogens with one attached hydrogen (secondary N) is 1. The fraction of sp³-hybridized carbons (Fsp3) is 0.308. The van der Waals surface area contributed by atoms with Crippen LogP contribution in [0.4, 0.5) is 13.2 Å². The van der Waals surface area contributed by atoms with E-state index in [4.69, 9.17) is 0 Å². The third kappa shape index (κ3) is 5.31. The van der Waals surface area contributed by atoms with Gasteiger partial charge < -0.3 is 9.47 Å². The highest BCUT2D eigenvalue weighted by Crippen LogP contribution is 2.29. The standard InChI is InChI=1S/C26H23BrF3N5O3/c27-20-5-2-1-4-19(20)17-12-16(24(37)34(14-17)15-26(28,29)30)13-22(36)33-10-7-18(8-11-33)35-21-6-3-9-31-23(21)32-25(35)38/h1-6,9,12,14,18H,7-8,10-11,13,15H2,(H,31,32,38). The van der Waals surface area contributed by atoms with Gasteiger partial charge >= 0.3 is 11.9 Å². The predicted molar refractivity (Wildman–Crippen MR) is 139 cm³/mol. The van der Waals surface area contributed by atoms with Crippen LogP contribution in [0.1, 0.15) is 24.4 Å². The Hall–Kier alpha value is -3.67. The van der Waals surface area contributed by atoms with Crippen LogP contribution in [0, 0.1) is 0 Å². The van der Waals surface area contributed by atoms with Crippen LogP contribution in [0.3, 0.4) is 0 Å². The van der Waals surface area contributed by atoms with E-state index in [2.05, 4.69) is 25.9 Å². The van der Waals surface area contributed by atoms with Crippen LogP contribution in [0.5, 0.6) is 0 Å². The fourth-order valence-electron chi connectivity index (χ4n) is 4.95. The maximum absolute atomic E-state index is 13.2. The van der Waals surface area contributed by atoms with Gasteiger partial charge in [-0.3, -0.25) is 19.1 Å². The number of hydrogen-bond acceptors (Lipinski definition) is 4. The van der Waals surface area contributed by atoms with Gasteiger partial charge in [-0.05, 0) is 48.2 Å². The Kier molecular flexibility index (Phi) is 6.99. The highest BCUT2D eigenvalue weighted by molar-refractivity contribution is 9.10. The molecule has 8 nitrogen and oxygen atoms in total. The van der Waals surface area contributed by atoms with Gasteiger partial charge in [-0.25, -0.2) is 9.78 Å². The number of hydrogen-bond donors (Lipinski definition) is 1. The van der Waals surface area contributed by atoms with Gasteiger partial charge in [-0.15, -0.1) is 0 Å². The smallest absolute Gasteiger partial charge is 0.342 e. The van der Waals surface area contributed by atoms with Crippen LogP contribution in [-0.4, -0.2) is 49.2 Å². The van der Waals surface area contributed by atoms with Gasteiger partial charge in [-0.2, -0.15) is 13.2 Å². The van der Waals surface area contributed by atoms with Crippen LogP contribution in [0.15, 0.2) is 68.9 Å². The van der Waals surface area contributed by atoms with Crippen molar-refractivity contribution < 1.29 is 18.0 Å². The molecule has 12 heteroatoms. The largest absolute Gasteiger partial charge is 0.406 e. The summed E-state index contributed by atoms with van der Waals surface area (Å²) in [5.41, 5.74) is 1.07. The first kappa shape index (κ1) is 26.0. The number of amides is 1. The molecule has 0 aliphatic carbocycles. The van der Waals surface area contributed by atoms with Crippen LogP contribution >= 0.6 is 15.9 Å². The summed E-state index contributed by atoms with van der Waals surface area (Å²) in [6.45, 7) is -0.752. The first-order chi connectivity index (χ1) is 18.1. The number of H-pyrrole nitrogens is 1. The molecule has 1 aliphatic rings. The normalized spacial score (nSPS) is 14.8. The molecule has 0 atom stereocenters.